The van der Waals surface area contributed by atoms with Crippen LogP contribution >= 0.6 is 0 Å². The molecule has 1 aliphatic rings. The third-order valence-electron chi connectivity index (χ3n) is 3.16. The van der Waals surface area contributed by atoms with Gasteiger partial charge < -0.3 is 15.0 Å². The largest absolute Gasteiger partial charge is 0.481 e. The Morgan fingerprint density at radius 1 is 1.53 bits per heavy atom. The normalized spacial score (nSPS) is 19.2. The Labute approximate surface area is 109 Å². The lowest BCUT2D eigenvalue weighted by Crippen LogP contribution is -2.41. The maximum Gasteiger partial charge on any atom is 0.303 e. The summed E-state index contributed by atoms with van der Waals surface area (Å²) in [5.41, 5.74) is -0.186. The minimum atomic E-state index is -0.846. The number of aliphatic carboxylic acids is 1. The zero-order chi connectivity index (χ0) is 13.8. The number of carboxylic acid groups (broad SMARTS) is 1. The quantitative estimate of drug-likeness (QED) is 0.806. The zero-order valence-corrected chi connectivity index (χ0v) is 10.3. The van der Waals surface area contributed by atoms with E-state index in [2.05, 4.69) is 9.97 Å². The van der Waals surface area contributed by atoms with Gasteiger partial charge in [-0.15, -0.1) is 0 Å². The molecule has 1 saturated heterocycles. The van der Waals surface area contributed by atoms with Crippen molar-refractivity contribution in [2.45, 2.75) is 19.3 Å². The number of nitrogens with zero attached hydrogens (tertiary/aromatic N) is 2. The standard InChI is InChI=1S/C12H15N3O4/c16-10-6-13-9(5-14-10)12(19)15-3-1-2-8(7-15)4-11(17)18/h5-6,8H,1-4,7H2,(H,14,16)(H,17,18). The molecule has 2 N–H and O–H groups in total. The Balaban J connectivity index is 2.04. The van der Waals surface area contributed by atoms with Crippen LogP contribution < -0.4 is 5.56 Å². The van der Waals surface area contributed by atoms with Crippen LogP contribution in [0.15, 0.2) is 17.2 Å². The van der Waals surface area contributed by atoms with Crippen molar-refractivity contribution in [1.82, 2.24) is 14.9 Å². The summed E-state index contributed by atoms with van der Waals surface area (Å²) < 4.78 is 0. The van der Waals surface area contributed by atoms with Gasteiger partial charge in [0.15, 0.2) is 0 Å². The van der Waals surface area contributed by atoms with Crippen molar-refractivity contribution in [2.24, 2.45) is 5.92 Å². The lowest BCUT2D eigenvalue weighted by atomic mass is 9.95. The molecule has 0 aliphatic carbocycles. The molecule has 0 saturated carbocycles. The second kappa shape index (κ2) is 5.64. The number of carbonyl (C=O) groups excluding carboxylic acids is 1. The van der Waals surface area contributed by atoms with Gasteiger partial charge in [-0.25, -0.2) is 4.98 Å². The fraction of sp³-hybridized carbons (Fsp3) is 0.500. The number of rotatable bonds is 3. The van der Waals surface area contributed by atoms with Gasteiger partial charge in [0, 0.05) is 25.7 Å². The predicted octanol–water partition coefficient (Wildman–Crippen LogP) is 0.0968. The van der Waals surface area contributed by atoms with Crippen molar-refractivity contribution in [2.75, 3.05) is 13.1 Å². The highest BCUT2D eigenvalue weighted by Gasteiger charge is 2.26. The molecule has 2 rings (SSSR count). The Hall–Kier alpha value is -2.18. The lowest BCUT2D eigenvalue weighted by Gasteiger charge is -2.31. The molecule has 7 nitrogen and oxygen atoms in total. The van der Waals surface area contributed by atoms with E-state index in [1.54, 1.807) is 4.90 Å². The molecule has 0 spiro atoms. The topological polar surface area (TPSA) is 103 Å². The third-order valence-corrected chi connectivity index (χ3v) is 3.16. The fourth-order valence-electron chi connectivity index (χ4n) is 2.28. The molecule has 2 heterocycles. The van der Waals surface area contributed by atoms with Crippen LogP contribution in [0.1, 0.15) is 29.8 Å². The molecular formula is C12H15N3O4. The molecule has 1 aliphatic heterocycles. The van der Waals surface area contributed by atoms with Crippen molar-refractivity contribution < 1.29 is 14.7 Å². The highest BCUT2D eigenvalue weighted by molar-refractivity contribution is 5.92. The Bertz CT molecular complexity index is 520. The second-order valence-corrected chi connectivity index (χ2v) is 4.65. The van der Waals surface area contributed by atoms with Crippen molar-refractivity contribution in [3.05, 3.63) is 28.4 Å². The minimum absolute atomic E-state index is 0.0158. The first-order chi connectivity index (χ1) is 9.06. The second-order valence-electron chi connectivity index (χ2n) is 4.65. The van der Waals surface area contributed by atoms with E-state index in [4.69, 9.17) is 5.11 Å². The number of aromatic amines is 1. The molecule has 0 aromatic carbocycles. The van der Waals surface area contributed by atoms with E-state index in [9.17, 15) is 14.4 Å². The van der Waals surface area contributed by atoms with Crippen LogP contribution in [-0.2, 0) is 4.79 Å². The fourth-order valence-corrected chi connectivity index (χ4v) is 2.28. The van der Waals surface area contributed by atoms with Gasteiger partial charge in [0.05, 0.1) is 6.20 Å². The third kappa shape index (κ3) is 3.40. The Kier molecular flexibility index (Phi) is 3.94. The van der Waals surface area contributed by atoms with Gasteiger partial charge in [-0.2, -0.15) is 0 Å². The van der Waals surface area contributed by atoms with Crippen LogP contribution in [0.2, 0.25) is 0 Å². The van der Waals surface area contributed by atoms with Crippen LogP contribution in [0.4, 0.5) is 0 Å². The summed E-state index contributed by atoms with van der Waals surface area (Å²) in [6.45, 7) is 1.02. The predicted molar refractivity (Wildman–Crippen MR) is 65.7 cm³/mol. The number of likely N-dealkylation sites (tertiary alicyclic amines) is 1. The molecule has 1 fully saturated rings. The SMILES string of the molecule is O=C(O)CC1CCCN(C(=O)c2c[nH]c(=O)cn2)C1. The van der Waals surface area contributed by atoms with E-state index in [1.807, 2.05) is 0 Å². The molecule has 7 heteroatoms. The lowest BCUT2D eigenvalue weighted by molar-refractivity contribution is -0.138. The molecule has 19 heavy (non-hydrogen) atoms. The van der Waals surface area contributed by atoms with E-state index in [0.717, 1.165) is 19.0 Å². The van der Waals surface area contributed by atoms with Crippen LogP contribution in [-0.4, -0.2) is 44.9 Å². The van der Waals surface area contributed by atoms with Crippen molar-refractivity contribution in [1.29, 1.82) is 0 Å². The van der Waals surface area contributed by atoms with Gasteiger partial charge in [0.25, 0.3) is 11.5 Å². The van der Waals surface area contributed by atoms with Gasteiger partial charge in [-0.3, -0.25) is 14.4 Å². The average molecular weight is 265 g/mol. The first-order valence-electron chi connectivity index (χ1n) is 6.12. The van der Waals surface area contributed by atoms with E-state index < -0.39 is 5.97 Å². The number of amides is 1. The van der Waals surface area contributed by atoms with Gasteiger partial charge >= 0.3 is 5.97 Å². The van der Waals surface area contributed by atoms with Gasteiger partial charge in [-0.1, -0.05) is 0 Å². The summed E-state index contributed by atoms with van der Waals surface area (Å²) in [6, 6.07) is 0. The van der Waals surface area contributed by atoms with E-state index in [-0.39, 0.29) is 29.5 Å². The Morgan fingerprint density at radius 2 is 2.32 bits per heavy atom. The number of hydrogen-bond acceptors (Lipinski definition) is 4. The molecule has 1 unspecified atom stereocenters. The highest BCUT2D eigenvalue weighted by Crippen LogP contribution is 2.20. The van der Waals surface area contributed by atoms with E-state index >= 15 is 0 Å². The number of aromatic nitrogens is 2. The molecule has 1 amide bonds. The van der Waals surface area contributed by atoms with Crippen LogP contribution in [0.3, 0.4) is 0 Å². The van der Waals surface area contributed by atoms with Crippen molar-refractivity contribution in [3.63, 3.8) is 0 Å². The zero-order valence-electron chi connectivity index (χ0n) is 10.3. The van der Waals surface area contributed by atoms with E-state index in [1.165, 1.54) is 6.20 Å². The summed E-state index contributed by atoms with van der Waals surface area (Å²) >= 11 is 0. The Morgan fingerprint density at radius 3 is 2.95 bits per heavy atom. The highest BCUT2D eigenvalue weighted by atomic mass is 16.4. The number of hydrogen-bond donors (Lipinski definition) is 2. The smallest absolute Gasteiger partial charge is 0.303 e. The molecule has 102 valence electrons. The number of carbonyl (C=O) groups is 2. The van der Waals surface area contributed by atoms with Crippen molar-refractivity contribution in [3.8, 4) is 0 Å². The van der Waals surface area contributed by atoms with Crippen LogP contribution in [0, 0.1) is 5.92 Å². The summed E-state index contributed by atoms with van der Waals surface area (Å²) in [7, 11) is 0. The minimum Gasteiger partial charge on any atom is -0.481 e. The number of carboxylic acids is 1. The van der Waals surface area contributed by atoms with Gasteiger partial charge in [0.2, 0.25) is 0 Å². The first kappa shape index (κ1) is 13.3. The monoisotopic (exact) mass is 265 g/mol. The van der Waals surface area contributed by atoms with Crippen LogP contribution in [0.25, 0.3) is 0 Å². The number of H-pyrrole nitrogens is 1. The van der Waals surface area contributed by atoms with Gasteiger partial charge in [0.1, 0.15) is 5.69 Å². The summed E-state index contributed by atoms with van der Waals surface area (Å²) in [4.78, 5) is 41.5. The molecule has 0 bridgehead atoms. The molecular weight excluding hydrogens is 250 g/mol. The summed E-state index contributed by atoms with van der Waals surface area (Å²) in [5.74, 6) is -1.13. The molecule has 1 atom stereocenters. The average Bonchev–Trinajstić information content (AvgIpc) is 2.38. The molecule has 1 aromatic heterocycles. The van der Waals surface area contributed by atoms with Crippen LogP contribution in [0.5, 0.6) is 0 Å². The number of nitrogens with one attached hydrogen (secondary N) is 1. The number of piperidine rings is 1. The van der Waals surface area contributed by atoms with E-state index in [0.29, 0.717) is 13.1 Å². The van der Waals surface area contributed by atoms with Gasteiger partial charge in [-0.05, 0) is 18.8 Å². The summed E-state index contributed by atoms with van der Waals surface area (Å²) in [6.07, 6.45) is 4.02. The molecule has 1 aromatic rings. The van der Waals surface area contributed by atoms with Crippen molar-refractivity contribution >= 4 is 11.9 Å². The molecule has 0 radical (unpaired) electrons. The first-order valence-corrected chi connectivity index (χ1v) is 6.12. The maximum absolute atomic E-state index is 12.1. The summed E-state index contributed by atoms with van der Waals surface area (Å²) in [5, 5.41) is 8.78. The maximum atomic E-state index is 12.1.